The van der Waals surface area contributed by atoms with Crippen molar-refractivity contribution in [3.05, 3.63) is 48.0 Å². The highest BCUT2D eigenvalue weighted by Crippen LogP contribution is 2.25. The summed E-state index contributed by atoms with van der Waals surface area (Å²) in [6.07, 6.45) is 3.77. The number of benzene rings is 2. The number of rotatable bonds is 4. The minimum Gasteiger partial charge on any atom is -0.288 e. The summed E-state index contributed by atoms with van der Waals surface area (Å²) in [4.78, 5) is 11.0. The molecule has 0 atom stereocenters. The van der Waals surface area contributed by atoms with E-state index in [2.05, 4.69) is 4.72 Å². The topological polar surface area (TPSA) is 95.5 Å². The molecule has 6 nitrogen and oxygen atoms in total. The Morgan fingerprint density at radius 3 is 2.67 bits per heavy atom. The second-order valence-corrected chi connectivity index (χ2v) is 6.22. The van der Waals surface area contributed by atoms with Crippen LogP contribution in [0.4, 0.5) is 5.69 Å². The van der Waals surface area contributed by atoms with Gasteiger partial charge in [0.15, 0.2) is 0 Å². The molecule has 0 spiro atoms. The monoisotopic (exact) mass is 306 g/mol. The highest BCUT2D eigenvalue weighted by Gasteiger charge is 2.06. The molecule has 0 saturated heterocycles. The van der Waals surface area contributed by atoms with Crippen LogP contribution in [0.5, 0.6) is 0 Å². The molecule has 0 bridgehead atoms. The smallest absolute Gasteiger partial charge is 0.267 e. The van der Waals surface area contributed by atoms with Crippen LogP contribution in [0.1, 0.15) is 5.56 Å². The number of fused-ring (bicyclic) bond motifs is 1. The van der Waals surface area contributed by atoms with Crippen molar-refractivity contribution < 1.29 is 18.4 Å². The molecule has 2 rings (SSSR count). The first kappa shape index (κ1) is 15.0. The van der Waals surface area contributed by atoms with Crippen LogP contribution in [0.25, 0.3) is 16.8 Å². The predicted octanol–water partition coefficient (Wildman–Crippen LogP) is 1.73. The molecule has 2 aromatic rings. The summed E-state index contributed by atoms with van der Waals surface area (Å²) < 4.78 is 25.2. The minimum atomic E-state index is -3.38. The van der Waals surface area contributed by atoms with Crippen molar-refractivity contribution in [3.8, 4) is 0 Å². The van der Waals surface area contributed by atoms with Gasteiger partial charge in [0.2, 0.25) is 10.0 Å². The van der Waals surface area contributed by atoms with Gasteiger partial charge < -0.3 is 0 Å². The molecule has 0 unspecified atom stereocenters. The second-order valence-electron chi connectivity index (χ2n) is 4.47. The molecule has 1 amide bonds. The molecule has 0 aliphatic carbocycles. The van der Waals surface area contributed by atoms with Crippen molar-refractivity contribution in [3.63, 3.8) is 0 Å². The van der Waals surface area contributed by atoms with Gasteiger partial charge in [-0.3, -0.25) is 14.7 Å². The summed E-state index contributed by atoms with van der Waals surface area (Å²) in [5, 5.41) is 10.0. The number of nitrogens with one attached hydrogen (secondary N) is 2. The van der Waals surface area contributed by atoms with Crippen molar-refractivity contribution in [2.75, 3.05) is 11.0 Å². The summed E-state index contributed by atoms with van der Waals surface area (Å²) >= 11 is 0. The predicted molar refractivity (Wildman–Crippen MR) is 81.4 cm³/mol. The summed E-state index contributed by atoms with van der Waals surface area (Å²) in [7, 11) is -3.38. The molecule has 7 heteroatoms. The van der Waals surface area contributed by atoms with Crippen molar-refractivity contribution in [1.82, 2.24) is 5.48 Å². The lowest BCUT2D eigenvalue weighted by Gasteiger charge is -2.08. The Morgan fingerprint density at radius 1 is 1.24 bits per heavy atom. The van der Waals surface area contributed by atoms with Gasteiger partial charge >= 0.3 is 0 Å². The zero-order valence-electron chi connectivity index (χ0n) is 11.2. The SMILES string of the molecule is CS(=O)(=O)Nc1cccc2ccc(/C=C/C(=O)NO)cc12. The maximum Gasteiger partial charge on any atom is 0.267 e. The van der Waals surface area contributed by atoms with E-state index >= 15 is 0 Å². The Kier molecular flexibility index (Phi) is 4.25. The minimum absolute atomic E-state index is 0.469. The van der Waals surface area contributed by atoms with Gasteiger partial charge in [0, 0.05) is 11.5 Å². The van der Waals surface area contributed by atoms with Crippen molar-refractivity contribution in [2.24, 2.45) is 0 Å². The van der Waals surface area contributed by atoms with Crippen molar-refractivity contribution >= 4 is 38.5 Å². The Bertz CT molecular complexity index is 813. The van der Waals surface area contributed by atoms with E-state index in [0.717, 1.165) is 17.0 Å². The van der Waals surface area contributed by atoms with Crippen LogP contribution >= 0.6 is 0 Å². The van der Waals surface area contributed by atoms with E-state index < -0.39 is 15.9 Å². The van der Waals surface area contributed by atoms with Gasteiger partial charge in [0.05, 0.1) is 11.9 Å². The lowest BCUT2D eigenvalue weighted by Crippen LogP contribution is -2.14. The maximum absolute atomic E-state index is 11.4. The summed E-state index contributed by atoms with van der Waals surface area (Å²) in [5.74, 6) is -0.641. The van der Waals surface area contributed by atoms with Gasteiger partial charge in [-0.2, -0.15) is 0 Å². The fourth-order valence-electron chi connectivity index (χ4n) is 1.89. The lowest BCUT2D eigenvalue weighted by atomic mass is 10.1. The summed E-state index contributed by atoms with van der Waals surface area (Å²) in [5.41, 5.74) is 2.67. The largest absolute Gasteiger partial charge is 0.288 e. The third-order valence-corrected chi connectivity index (χ3v) is 3.33. The van der Waals surface area contributed by atoms with E-state index in [1.54, 1.807) is 24.3 Å². The van der Waals surface area contributed by atoms with E-state index in [1.807, 2.05) is 12.1 Å². The third-order valence-electron chi connectivity index (χ3n) is 2.74. The van der Waals surface area contributed by atoms with Gasteiger partial charge in [0.25, 0.3) is 5.91 Å². The van der Waals surface area contributed by atoms with Gasteiger partial charge in [-0.15, -0.1) is 0 Å². The number of carbonyl (C=O) groups is 1. The highest BCUT2D eigenvalue weighted by molar-refractivity contribution is 7.92. The van der Waals surface area contributed by atoms with Crippen LogP contribution in [0.15, 0.2) is 42.5 Å². The van der Waals surface area contributed by atoms with Crippen LogP contribution < -0.4 is 10.2 Å². The normalized spacial score (nSPS) is 11.7. The number of carbonyl (C=O) groups excluding carboxylic acids is 1. The molecule has 0 aliphatic heterocycles. The molecular weight excluding hydrogens is 292 g/mol. The first-order chi connectivity index (χ1) is 9.89. The quantitative estimate of drug-likeness (QED) is 0.455. The van der Waals surface area contributed by atoms with E-state index in [-0.39, 0.29) is 0 Å². The van der Waals surface area contributed by atoms with Gasteiger partial charge in [-0.25, -0.2) is 13.9 Å². The average Bonchev–Trinajstić information content (AvgIpc) is 2.43. The second kappa shape index (κ2) is 5.94. The van der Waals surface area contributed by atoms with Crippen LogP contribution in [-0.2, 0) is 14.8 Å². The molecule has 21 heavy (non-hydrogen) atoms. The molecule has 2 aromatic carbocycles. The fourth-order valence-corrected chi connectivity index (χ4v) is 2.47. The number of hydroxylamine groups is 1. The summed E-state index contributed by atoms with van der Waals surface area (Å²) in [6, 6.07) is 10.6. The van der Waals surface area contributed by atoms with Crippen LogP contribution in [0.3, 0.4) is 0 Å². The molecule has 0 saturated carbocycles. The first-order valence-electron chi connectivity index (χ1n) is 6.02. The van der Waals surface area contributed by atoms with Gasteiger partial charge in [-0.05, 0) is 29.2 Å². The molecule has 0 aliphatic rings. The molecule has 3 N–H and O–H groups in total. The summed E-state index contributed by atoms with van der Waals surface area (Å²) in [6.45, 7) is 0. The van der Waals surface area contributed by atoms with Crippen molar-refractivity contribution in [1.29, 1.82) is 0 Å². The molecule has 110 valence electrons. The zero-order chi connectivity index (χ0) is 15.5. The molecular formula is C14H14N2O4S. The number of hydrogen-bond acceptors (Lipinski definition) is 4. The van der Waals surface area contributed by atoms with E-state index in [0.29, 0.717) is 11.3 Å². The Balaban J connectivity index is 2.47. The lowest BCUT2D eigenvalue weighted by molar-refractivity contribution is -0.124. The molecule has 0 radical (unpaired) electrons. The number of amides is 1. The van der Waals surface area contributed by atoms with E-state index in [9.17, 15) is 13.2 Å². The van der Waals surface area contributed by atoms with Crippen LogP contribution in [0.2, 0.25) is 0 Å². The van der Waals surface area contributed by atoms with E-state index in [1.165, 1.54) is 17.6 Å². The zero-order valence-corrected chi connectivity index (χ0v) is 12.0. The average molecular weight is 306 g/mol. The highest BCUT2D eigenvalue weighted by atomic mass is 32.2. The van der Waals surface area contributed by atoms with Crippen LogP contribution in [0, 0.1) is 0 Å². The Morgan fingerprint density at radius 2 is 2.00 bits per heavy atom. The van der Waals surface area contributed by atoms with Gasteiger partial charge in [-0.1, -0.05) is 24.3 Å². The number of sulfonamides is 1. The molecule has 0 aromatic heterocycles. The fraction of sp³-hybridized carbons (Fsp3) is 0.0714. The number of anilines is 1. The standard InChI is InChI=1S/C14H14N2O4S/c1-21(19,20)16-13-4-2-3-11-7-5-10(9-12(11)13)6-8-14(17)15-18/h2-9,16,18H,1H3,(H,15,17)/b8-6+. The Hall–Kier alpha value is -2.38. The maximum atomic E-state index is 11.4. The third kappa shape index (κ3) is 4.04. The number of hydrogen-bond donors (Lipinski definition) is 3. The first-order valence-corrected chi connectivity index (χ1v) is 7.91. The van der Waals surface area contributed by atoms with Gasteiger partial charge in [0.1, 0.15) is 0 Å². The Labute approximate surface area is 122 Å². The van der Waals surface area contributed by atoms with Crippen molar-refractivity contribution in [2.45, 2.75) is 0 Å². The van der Waals surface area contributed by atoms with Crippen LogP contribution in [-0.4, -0.2) is 25.8 Å². The molecule has 0 fully saturated rings. The van der Waals surface area contributed by atoms with E-state index in [4.69, 9.17) is 5.21 Å². The molecule has 0 heterocycles.